The van der Waals surface area contributed by atoms with Gasteiger partial charge in [0.1, 0.15) is 10.5 Å². The number of benzene rings is 2. The van der Waals surface area contributed by atoms with Crippen LogP contribution in [0.5, 0.6) is 0 Å². The second kappa shape index (κ2) is 11.2. The number of rotatable bonds is 9. The second-order valence-electron chi connectivity index (χ2n) is 6.21. The van der Waals surface area contributed by atoms with Crippen molar-refractivity contribution >= 4 is 35.5 Å². The van der Waals surface area contributed by atoms with E-state index in [1.54, 1.807) is 13.8 Å². The van der Waals surface area contributed by atoms with Gasteiger partial charge >= 0.3 is 11.9 Å². The number of carbonyl (C=O) groups is 2. The van der Waals surface area contributed by atoms with Crippen LogP contribution in [0.15, 0.2) is 58.3 Å². The van der Waals surface area contributed by atoms with Gasteiger partial charge in [0.25, 0.3) is 0 Å². The summed E-state index contributed by atoms with van der Waals surface area (Å²) in [6.45, 7) is 8.05. The Balaban J connectivity index is 2.34. The Kier molecular flexibility index (Phi) is 8.93. The molecule has 0 spiro atoms. The van der Waals surface area contributed by atoms with Gasteiger partial charge in [0, 0.05) is 9.79 Å². The zero-order chi connectivity index (χ0) is 20.5. The molecule has 0 bridgehead atoms. The van der Waals surface area contributed by atoms with Gasteiger partial charge in [-0.25, -0.2) is 0 Å². The van der Waals surface area contributed by atoms with Crippen LogP contribution in [0, 0.1) is 13.8 Å². The summed E-state index contributed by atoms with van der Waals surface area (Å²) < 4.78 is 10.6. The van der Waals surface area contributed by atoms with Gasteiger partial charge in [-0.1, -0.05) is 35.4 Å². The summed E-state index contributed by atoms with van der Waals surface area (Å²) in [5.41, 5.74) is 2.26. The van der Waals surface area contributed by atoms with E-state index in [1.165, 1.54) is 23.5 Å². The smallest absolute Gasteiger partial charge is 0.321 e. The maximum Gasteiger partial charge on any atom is 0.321 e. The normalized spacial score (nSPS) is 12.9. The first-order valence-electron chi connectivity index (χ1n) is 9.24. The highest BCUT2D eigenvalue weighted by Crippen LogP contribution is 2.36. The van der Waals surface area contributed by atoms with Gasteiger partial charge in [-0.15, -0.1) is 23.5 Å². The van der Waals surface area contributed by atoms with Gasteiger partial charge in [-0.2, -0.15) is 0 Å². The maximum atomic E-state index is 12.7. The fraction of sp³-hybridized carbons (Fsp3) is 0.364. The molecule has 0 amide bonds. The van der Waals surface area contributed by atoms with Crippen molar-refractivity contribution in [2.75, 3.05) is 13.2 Å². The van der Waals surface area contributed by atoms with E-state index in [9.17, 15) is 9.59 Å². The molecule has 0 aliphatic heterocycles. The fourth-order valence-corrected chi connectivity index (χ4v) is 4.75. The Bertz CT molecular complexity index is 705. The quantitative estimate of drug-likeness (QED) is 0.419. The molecule has 0 N–H and O–H groups in total. The lowest BCUT2D eigenvalue weighted by molar-refractivity contribution is -0.148. The molecule has 6 heteroatoms. The van der Waals surface area contributed by atoms with Crippen LogP contribution in [0.4, 0.5) is 0 Å². The lowest BCUT2D eigenvalue weighted by Crippen LogP contribution is -2.37. The fourth-order valence-electron chi connectivity index (χ4n) is 2.44. The molecule has 4 nitrogen and oxygen atoms in total. The van der Waals surface area contributed by atoms with Crippen LogP contribution in [0.1, 0.15) is 25.0 Å². The number of thioether (sulfide) groups is 2. The first-order valence-corrected chi connectivity index (χ1v) is 11.0. The predicted octanol–water partition coefficient (Wildman–Crippen LogP) is 5.05. The summed E-state index contributed by atoms with van der Waals surface area (Å²) in [4.78, 5) is 27.3. The molecule has 0 saturated carbocycles. The minimum absolute atomic E-state index is 0.258. The number of ether oxygens (including phenoxy) is 2. The third kappa shape index (κ3) is 6.60. The summed E-state index contributed by atoms with van der Waals surface area (Å²) >= 11 is 2.67. The molecule has 0 saturated heterocycles. The molecule has 28 heavy (non-hydrogen) atoms. The van der Waals surface area contributed by atoms with Crippen molar-refractivity contribution in [1.29, 1.82) is 0 Å². The molecule has 0 radical (unpaired) electrons. The highest BCUT2D eigenvalue weighted by molar-refractivity contribution is 8.04. The average molecular weight is 419 g/mol. The van der Waals surface area contributed by atoms with E-state index in [1.807, 2.05) is 62.4 Å². The molecule has 2 rings (SSSR count). The Morgan fingerprint density at radius 1 is 0.714 bits per heavy atom. The van der Waals surface area contributed by atoms with Gasteiger partial charge in [0.15, 0.2) is 0 Å². The Labute approximate surface area is 175 Å². The minimum Gasteiger partial charge on any atom is -0.465 e. The van der Waals surface area contributed by atoms with Crippen molar-refractivity contribution in [3.8, 4) is 0 Å². The lowest BCUT2D eigenvalue weighted by Gasteiger charge is -2.23. The summed E-state index contributed by atoms with van der Waals surface area (Å²) in [7, 11) is 0. The second-order valence-corrected chi connectivity index (χ2v) is 8.64. The number of esters is 2. The van der Waals surface area contributed by atoms with Crippen LogP contribution in [0.2, 0.25) is 0 Å². The van der Waals surface area contributed by atoms with E-state index in [-0.39, 0.29) is 13.2 Å². The van der Waals surface area contributed by atoms with E-state index < -0.39 is 22.4 Å². The molecule has 0 fully saturated rings. The summed E-state index contributed by atoms with van der Waals surface area (Å²) in [5.74, 6) is -0.823. The van der Waals surface area contributed by atoms with Crippen LogP contribution in [-0.2, 0) is 19.1 Å². The molecule has 2 unspecified atom stereocenters. The van der Waals surface area contributed by atoms with Gasteiger partial charge < -0.3 is 9.47 Å². The molecule has 0 aliphatic rings. The summed E-state index contributed by atoms with van der Waals surface area (Å²) in [5, 5.41) is -1.43. The number of aryl methyl sites for hydroxylation is 2. The topological polar surface area (TPSA) is 52.6 Å². The third-order valence-electron chi connectivity index (χ3n) is 3.88. The molecule has 2 aromatic carbocycles. The highest BCUT2D eigenvalue weighted by atomic mass is 32.2. The Morgan fingerprint density at radius 2 is 1.04 bits per heavy atom. The summed E-state index contributed by atoms with van der Waals surface area (Å²) in [6.07, 6.45) is 0. The Morgan fingerprint density at radius 3 is 1.32 bits per heavy atom. The minimum atomic E-state index is -0.715. The standard InChI is InChI=1S/C22H26O4S2/c1-5-25-21(23)19(27-17-11-7-15(3)8-12-17)20(22(24)26-6-2)28-18-13-9-16(4)10-14-18/h7-14,19-20H,5-6H2,1-4H3. The van der Waals surface area contributed by atoms with E-state index in [0.29, 0.717) is 0 Å². The van der Waals surface area contributed by atoms with Gasteiger partial charge in [-0.05, 0) is 52.0 Å². The van der Waals surface area contributed by atoms with Crippen LogP contribution in [0.3, 0.4) is 0 Å². The van der Waals surface area contributed by atoms with Crippen molar-refractivity contribution in [1.82, 2.24) is 0 Å². The Hall–Kier alpha value is -1.92. The van der Waals surface area contributed by atoms with Crippen molar-refractivity contribution in [3.63, 3.8) is 0 Å². The van der Waals surface area contributed by atoms with Gasteiger partial charge in [-0.3, -0.25) is 9.59 Å². The molecular formula is C22H26O4S2. The van der Waals surface area contributed by atoms with Crippen molar-refractivity contribution < 1.29 is 19.1 Å². The first-order chi connectivity index (χ1) is 13.4. The zero-order valence-electron chi connectivity index (χ0n) is 16.6. The van der Waals surface area contributed by atoms with Crippen LogP contribution >= 0.6 is 23.5 Å². The van der Waals surface area contributed by atoms with Crippen molar-refractivity contribution in [2.24, 2.45) is 0 Å². The maximum absolute atomic E-state index is 12.7. The van der Waals surface area contributed by atoms with Crippen molar-refractivity contribution in [2.45, 2.75) is 48.0 Å². The molecule has 0 aliphatic carbocycles. The molecule has 0 heterocycles. The first kappa shape index (κ1) is 22.4. The molecule has 2 aromatic rings. The number of hydrogen-bond acceptors (Lipinski definition) is 6. The zero-order valence-corrected chi connectivity index (χ0v) is 18.3. The third-order valence-corrected chi connectivity index (χ3v) is 6.58. The largest absolute Gasteiger partial charge is 0.465 e. The monoisotopic (exact) mass is 418 g/mol. The van der Waals surface area contributed by atoms with E-state index in [2.05, 4.69) is 0 Å². The number of carbonyl (C=O) groups excluding carboxylic acids is 2. The van der Waals surface area contributed by atoms with Crippen molar-refractivity contribution in [3.05, 3.63) is 59.7 Å². The number of hydrogen-bond donors (Lipinski definition) is 0. The van der Waals surface area contributed by atoms with Gasteiger partial charge in [0.2, 0.25) is 0 Å². The summed E-state index contributed by atoms with van der Waals surface area (Å²) in [6, 6.07) is 15.7. The van der Waals surface area contributed by atoms with Crippen LogP contribution in [0.25, 0.3) is 0 Å². The molecule has 2 atom stereocenters. The SMILES string of the molecule is CCOC(=O)C(Sc1ccc(C)cc1)C(Sc1ccc(C)cc1)C(=O)OCC. The van der Waals surface area contributed by atoms with Crippen LogP contribution in [-0.4, -0.2) is 35.7 Å². The van der Waals surface area contributed by atoms with Crippen LogP contribution < -0.4 is 0 Å². The predicted molar refractivity (Wildman–Crippen MR) is 115 cm³/mol. The lowest BCUT2D eigenvalue weighted by atomic mass is 10.2. The highest BCUT2D eigenvalue weighted by Gasteiger charge is 2.38. The van der Waals surface area contributed by atoms with E-state index >= 15 is 0 Å². The molecular weight excluding hydrogens is 392 g/mol. The van der Waals surface area contributed by atoms with E-state index in [0.717, 1.165) is 20.9 Å². The van der Waals surface area contributed by atoms with E-state index in [4.69, 9.17) is 9.47 Å². The average Bonchev–Trinajstić information content (AvgIpc) is 2.68. The molecule has 150 valence electrons. The van der Waals surface area contributed by atoms with Gasteiger partial charge in [0.05, 0.1) is 13.2 Å². The molecule has 0 aromatic heterocycles.